The van der Waals surface area contributed by atoms with E-state index in [1.807, 2.05) is 54.6 Å². The van der Waals surface area contributed by atoms with Gasteiger partial charge >= 0.3 is 0 Å². The molecule has 0 radical (unpaired) electrons. The van der Waals surface area contributed by atoms with E-state index in [-0.39, 0.29) is 36.7 Å². The number of nitrogens with zero attached hydrogens (tertiary/aromatic N) is 2. The van der Waals surface area contributed by atoms with Crippen molar-refractivity contribution in [3.8, 4) is 0 Å². The van der Waals surface area contributed by atoms with Crippen LogP contribution < -0.4 is 10.6 Å². The molecule has 1 spiro atoms. The van der Waals surface area contributed by atoms with Crippen molar-refractivity contribution >= 4 is 29.2 Å². The van der Waals surface area contributed by atoms with Gasteiger partial charge < -0.3 is 25.0 Å². The number of anilines is 2. The Labute approximate surface area is 245 Å². The first-order valence-corrected chi connectivity index (χ1v) is 14.5. The van der Waals surface area contributed by atoms with E-state index in [0.717, 1.165) is 53.5 Å². The number of amides is 3. The Hall–Kier alpha value is -4.08. The minimum Gasteiger partial charge on any atom is -0.352 e. The van der Waals surface area contributed by atoms with Crippen molar-refractivity contribution in [2.75, 3.05) is 31.4 Å². The number of rotatable bonds is 9. The number of hydrogen-bond acceptors (Lipinski definition) is 6. The molecule has 2 N–H and O–H groups in total. The second kappa shape index (κ2) is 11.7. The van der Waals surface area contributed by atoms with E-state index in [0.29, 0.717) is 24.3 Å². The van der Waals surface area contributed by atoms with E-state index < -0.39 is 11.7 Å². The third kappa shape index (κ3) is 5.18. The maximum atomic E-state index is 13.6. The average Bonchev–Trinajstić information content (AvgIpc) is 3.72. The van der Waals surface area contributed by atoms with Crippen molar-refractivity contribution in [2.45, 2.75) is 56.8 Å². The van der Waals surface area contributed by atoms with Crippen LogP contribution in [0.1, 0.15) is 59.8 Å². The molecule has 1 unspecified atom stereocenters. The molecular weight excluding hydrogens is 532 g/mol. The Balaban J connectivity index is 1.19. The SMILES string of the molecule is COC(OC)c1ccccc1CN(CC(=O)Nc1ccc2c(c1)CC1(C2)C(=O)Nc2ncccc21)C(=O)C1CCCC1. The molecule has 3 aliphatic rings. The largest absolute Gasteiger partial charge is 0.352 e. The van der Waals surface area contributed by atoms with E-state index in [4.69, 9.17) is 9.47 Å². The first-order chi connectivity index (χ1) is 20.4. The minimum atomic E-state index is -0.672. The lowest BCUT2D eigenvalue weighted by atomic mass is 9.79. The third-order valence-electron chi connectivity index (χ3n) is 8.91. The smallest absolute Gasteiger partial charge is 0.244 e. The first-order valence-electron chi connectivity index (χ1n) is 14.5. The Bertz CT molecular complexity index is 1510. The van der Waals surface area contributed by atoms with Gasteiger partial charge in [-0.3, -0.25) is 14.4 Å². The summed E-state index contributed by atoms with van der Waals surface area (Å²) in [5.74, 6) is 0.244. The fourth-order valence-corrected chi connectivity index (χ4v) is 6.83. The van der Waals surface area contributed by atoms with Gasteiger partial charge in [0.1, 0.15) is 12.4 Å². The highest BCUT2D eigenvalue weighted by Crippen LogP contribution is 2.47. The van der Waals surface area contributed by atoms with Gasteiger partial charge in [0, 0.05) is 49.7 Å². The lowest BCUT2D eigenvalue weighted by Crippen LogP contribution is -2.40. The number of carbonyl (C=O) groups is 3. The molecule has 6 rings (SSSR count). The van der Waals surface area contributed by atoms with Crippen LogP contribution in [0.3, 0.4) is 0 Å². The molecule has 2 heterocycles. The normalized spacial score (nSPS) is 19.2. The number of nitrogens with one attached hydrogen (secondary N) is 2. The summed E-state index contributed by atoms with van der Waals surface area (Å²) in [5, 5.41) is 5.94. The van der Waals surface area contributed by atoms with E-state index in [9.17, 15) is 14.4 Å². The van der Waals surface area contributed by atoms with E-state index in [2.05, 4.69) is 15.6 Å². The van der Waals surface area contributed by atoms with Gasteiger partial charge in [0.2, 0.25) is 17.7 Å². The molecule has 1 fully saturated rings. The lowest BCUT2D eigenvalue weighted by molar-refractivity contribution is -0.139. The number of ether oxygens (including phenoxy) is 2. The molecule has 2 aliphatic carbocycles. The van der Waals surface area contributed by atoms with Crippen LogP contribution in [0.25, 0.3) is 0 Å². The number of methoxy groups -OCH3 is 2. The van der Waals surface area contributed by atoms with Crippen LogP contribution in [-0.4, -0.2) is 48.4 Å². The fraction of sp³-hybridized carbons (Fsp3) is 0.394. The van der Waals surface area contributed by atoms with E-state index in [1.54, 1.807) is 25.3 Å². The van der Waals surface area contributed by atoms with Crippen molar-refractivity contribution in [2.24, 2.45) is 5.92 Å². The van der Waals surface area contributed by atoms with Gasteiger partial charge in [0.25, 0.3) is 0 Å². The van der Waals surface area contributed by atoms with Crippen molar-refractivity contribution in [1.29, 1.82) is 0 Å². The molecule has 9 nitrogen and oxygen atoms in total. The molecule has 3 amide bonds. The van der Waals surface area contributed by atoms with Gasteiger partial charge in [-0.2, -0.15) is 0 Å². The summed E-state index contributed by atoms with van der Waals surface area (Å²) in [7, 11) is 3.15. The zero-order chi connectivity index (χ0) is 29.3. The van der Waals surface area contributed by atoms with Gasteiger partial charge in [-0.05, 0) is 60.6 Å². The molecule has 1 aromatic heterocycles. The Morgan fingerprint density at radius 1 is 1.05 bits per heavy atom. The van der Waals surface area contributed by atoms with Gasteiger partial charge in [0.15, 0.2) is 6.29 Å². The number of hydrogen-bond donors (Lipinski definition) is 2. The molecule has 3 aromatic rings. The summed E-state index contributed by atoms with van der Waals surface area (Å²) in [6.45, 7) is 0.203. The third-order valence-corrected chi connectivity index (χ3v) is 8.91. The summed E-state index contributed by atoms with van der Waals surface area (Å²) >= 11 is 0. The van der Waals surface area contributed by atoms with Crippen LogP contribution in [0.2, 0.25) is 0 Å². The molecule has 2 aromatic carbocycles. The highest BCUT2D eigenvalue weighted by molar-refractivity contribution is 6.06. The van der Waals surface area contributed by atoms with Crippen LogP contribution in [0, 0.1) is 5.92 Å². The quantitative estimate of drug-likeness (QED) is 0.368. The maximum Gasteiger partial charge on any atom is 0.244 e. The molecule has 0 saturated heterocycles. The first kappa shape index (κ1) is 28.1. The summed E-state index contributed by atoms with van der Waals surface area (Å²) in [6, 6.07) is 17.3. The van der Waals surface area contributed by atoms with Crippen LogP contribution in [0.5, 0.6) is 0 Å². The summed E-state index contributed by atoms with van der Waals surface area (Å²) in [4.78, 5) is 46.1. The molecule has 1 saturated carbocycles. The van der Waals surface area contributed by atoms with Gasteiger partial charge in [-0.25, -0.2) is 4.98 Å². The predicted octanol–water partition coefficient (Wildman–Crippen LogP) is 4.52. The van der Waals surface area contributed by atoms with Crippen molar-refractivity contribution in [3.05, 3.63) is 88.6 Å². The van der Waals surface area contributed by atoms with Crippen molar-refractivity contribution in [1.82, 2.24) is 9.88 Å². The predicted molar refractivity (Wildman–Crippen MR) is 158 cm³/mol. The number of fused-ring (bicyclic) bond motifs is 3. The van der Waals surface area contributed by atoms with E-state index >= 15 is 0 Å². The minimum absolute atomic E-state index is 0.000692. The monoisotopic (exact) mass is 568 g/mol. The Morgan fingerprint density at radius 3 is 2.60 bits per heavy atom. The van der Waals surface area contributed by atoms with Gasteiger partial charge in [-0.1, -0.05) is 49.2 Å². The summed E-state index contributed by atoms with van der Waals surface area (Å²) < 4.78 is 11.0. The molecule has 42 heavy (non-hydrogen) atoms. The highest BCUT2D eigenvalue weighted by atomic mass is 16.7. The molecule has 1 atom stereocenters. The molecule has 0 bridgehead atoms. The molecule has 1 aliphatic heterocycles. The Morgan fingerprint density at radius 2 is 1.81 bits per heavy atom. The summed E-state index contributed by atoms with van der Waals surface area (Å²) in [5.41, 5.74) is 4.70. The molecule has 218 valence electrons. The van der Waals surface area contributed by atoms with Crippen LogP contribution in [-0.2, 0) is 48.7 Å². The topological polar surface area (TPSA) is 110 Å². The number of carbonyl (C=O) groups excluding carboxylic acids is 3. The van der Waals surface area contributed by atoms with Crippen LogP contribution in [0.15, 0.2) is 60.8 Å². The van der Waals surface area contributed by atoms with Gasteiger partial charge in [-0.15, -0.1) is 0 Å². The second-order valence-electron chi connectivity index (χ2n) is 11.5. The lowest BCUT2D eigenvalue weighted by Gasteiger charge is -2.27. The number of pyridine rings is 1. The molecule has 9 heteroatoms. The van der Waals surface area contributed by atoms with Crippen molar-refractivity contribution < 1.29 is 23.9 Å². The zero-order valence-corrected chi connectivity index (χ0v) is 24.0. The maximum absolute atomic E-state index is 13.6. The highest BCUT2D eigenvalue weighted by Gasteiger charge is 2.51. The Kier molecular flexibility index (Phi) is 7.79. The fourth-order valence-electron chi connectivity index (χ4n) is 6.83. The standard InChI is InChI=1S/C33H36N4O5/c1-41-31(42-2)26-11-6-5-10-23(26)19-37(30(39)21-8-3-4-9-21)20-28(38)35-25-14-13-22-17-33(18-24(22)16-25)27-12-7-15-34-29(27)36-32(33)40/h5-7,10-16,21,31H,3-4,8-9,17-20H2,1-2H3,(H,35,38)(H,34,36,40). The van der Waals surface area contributed by atoms with Crippen molar-refractivity contribution in [3.63, 3.8) is 0 Å². The van der Waals surface area contributed by atoms with Crippen LogP contribution >= 0.6 is 0 Å². The van der Waals surface area contributed by atoms with E-state index in [1.165, 1.54) is 0 Å². The van der Waals surface area contributed by atoms with Gasteiger partial charge in [0.05, 0.1) is 5.41 Å². The number of benzene rings is 2. The average molecular weight is 569 g/mol. The number of aromatic nitrogens is 1. The summed E-state index contributed by atoms with van der Waals surface area (Å²) in [6.07, 6.45) is 5.98. The molecular formula is C33H36N4O5. The van der Waals surface area contributed by atoms with Crippen LogP contribution in [0.4, 0.5) is 11.5 Å². The zero-order valence-electron chi connectivity index (χ0n) is 24.0. The second-order valence-corrected chi connectivity index (χ2v) is 11.5.